The van der Waals surface area contributed by atoms with Crippen molar-refractivity contribution in [1.82, 2.24) is 15.2 Å². The van der Waals surface area contributed by atoms with E-state index in [-0.39, 0.29) is 12.4 Å². The Morgan fingerprint density at radius 3 is 3.09 bits per heavy atom. The lowest BCUT2D eigenvalue weighted by molar-refractivity contribution is 0.140. The van der Waals surface area contributed by atoms with Gasteiger partial charge in [-0.3, -0.25) is 4.90 Å². The predicted molar refractivity (Wildman–Crippen MR) is 91.5 cm³/mol. The molecule has 2 saturated heterocycles. The molecule has 0 saturated carbocycles. The lowest BCUT2D eigenvalue weighted by Gasteiger charge is -2.33. The van der Waals surface area contributed by atoms with Crippen molar-refractivity contribution in [2.45, 2.75) is 19.9 Å². The Bertz CT molecular complexity index is 613. The van der Waals surface area contributed by atoms with Gasteiger partial charge >= 0.3 is 0 Å². The molecule has 2 aromatic rings. The summed E-state index contributed by atoms with van der Waals surface area (Å²) >= 11 is 1.68. The fourth-order valence-electron chi connectivity index (χ4n) is 3.55. The van der Waals surface area contributed by atoms with Crippen LogP contribution in [0, 0.1) is 18.8 Å². The molecule has 120 valence electrons. The summed E-state index contributed by atoms with van der Waals surface area (Å²) < 4.78 is 5.85. The quantitative estimate of drug-likeness (QED) is 0.932. The average molecular weight is 340 g/mol. The molecule has 1 N–H and O–H groups in total. The Labute approximate surface area is 141 Å². The molecule has 2 unspecified atom stereocenters. The van der Waals surface area contributed by atoms with Gasteiger partial charge in [-0.25, -0.2) is 4.98 Å². The average Bonchev–Trinajstić information content (AvgIpc) is 3.20. The molecule has 0 aliphatic carbocycles. The summed E-state index contributed by atoms with van der Waals surface area (Å²) in [6, 6.07) is 4.10. The van der Waals surface area contributed by atoms with Crippen LogP contribution in [0.5, 0.6) is 0 Å². The summed E-state index contributed by atoms with van der Waals surface area (Å²) in [5, 5.41) is 5.59. The highest BCUT2D eigenvalue weighted by Gasteiger charge is 2.33. The molecule has 4 rings (SSSR count). The van der Waals surface area contributed by atoms with Gasteiger partial charge in [0.15, 0.2) is 0 Å². The molecule has 22 heavy (non-hydrogen) atoms. The van der Waals surface area contributed by atoms with Gasteiger partial charge in [0, 0.05) is 13.1 Å². The zero-order valence-electron chi connectivity index (χ0n) is 12.7. The van der Waals surface area contributed by atoms with E-state index >= 15 is 0 Å². The number of likely N-dealkylation sites (tertiary alicyclic amines) is 1. The zero-order valence-corrected chi connectivity index (χ0v) is 14.4. The third-order valence-electron chi connectivity index (χ3n) is 4.79. The maximum absolute atomic E-state index is 5.85. The number of hydrogen-bond acceptors (Lipinski definition) is 5. The van der Waals surface area contributed by atoms with Crippen LogP contribution in [0.3, 0.4) is 0 Å². The molecule has 6 heteroatoms. The SMILES string of the molecule is Cc1oc(-c2cccs2)nc1CN1CCC2CNCC2C1.Cl. The second-order valence-electron chi connectivity index (χ2n) is 6.20. The smallest absolute Gasteiger partial charge is 0.236 e. The molecule has 0 spiro atoms. The molecular weight excluding hydrogens is 318 g/mol. The van der Waals surface area contributed by atoms with Gasteiger partial charge in [0.1, 0.15) is 5.76 Å². The molecule has 4 heterocycles. The Balaban J connectivity index is 0.00000144. The molecule has 2 aliphatic heterocycles. The Kier molecular flexibility index (Phi) is 4.88. The van der Waals surface area contributed by atoms with Crippen LogP contribution < -0.4 is 5.32 Å². The van der Waals surface area contributed by atoms with Crippen LogP contribution >= 0.6 is 23.7 Å². The normalized spacial score (nSPS) is 25.0. The van der Waals surface area contributed by atoms with E-state index in [9.17, 15) is 0 Å². The summed E-state index contributed by atoms with van der Waals surface area (Å²) in [7, 11) is 0. The van der Waals surface area contributed by atoms with Crippen molar-refractivity contribution in [3.63, 3.8) is 0 Å². The van der Waals surface area contributed by atoms with Crippen molar-refractivity contribution >= 4 is 23.7 Å². The molecule has 2 aromatic heterocycles. The van der Waals surface area contributed by atoms with E-state index in [1.54, 1.807) is 11.3 Å². The Morgan fingerprint density at radius 1 is 1.41 bits per heavy atom. The summed E-state index contributed by atoms with van der Waals surface area (Å²) in [4.78, 5) is 8.37. The molecule has 0 aromatic carbocycles. The van der Waals surface area contributed by atoms with Crippen LogP contribution in [-0.4, -0.2) is 36.1 Å². The maximum atomic E-state index is 5.85. The van der Waals surface area contributed by atoms with Crippen molar-refractivity contribution in [2.75, 3.05) is 26.2 Å². The first kappa shape index (κ1) is 16.0. The van der Waals surface area contributed by atoms with E-state index in [4.69, 9.17) is 9.40 Å². The standard InChI is InChI=1S/C16H21N3OS.ClH/c1-11-14(18-16(20-11)15-3-2-6-21-15)10-19-5-4-12-7-17-8-13(12)9-19;/h2-3,6,12-13,17H,4-5,7-10H2,1H3;1H. The third kappa shape index (κ3) is 3.08. The summed E-state index contributed by atoms with van der Waals surface area (Å²) in [6.07, 6.45) is 1.31. The van der Waals surface area contributed by atoms with Gasteiger partial charge in [0.05, 0.1) is 10.6 Å². The number of nitrogens with one attached hydrogen (secondary N) is 1. The number of oxazole rings is 1. The zero-order chi connectivity index (χ0) is 14.2. The number of halogens is 1. The minimum Gasteiger partial charge on any atom is -0.440 e. The minimum atomic E-state index is 0. The van der Waals surface area contributed by atoms with E-state index in [0.29, 0.717) is 0 Å². The van der Waals surface area contributed by atoms with Crippen molar-refractivity contribution in [2.24, 2.45) is 11.8 Å². The Hall–Kier alpha value is -0.880. The number of rotatable bonds is 3. The van der Waals surface area contributed by atoms with Crippen molar-refractivity contribution in [3.8, 4) is 10.8 Å². The van der Waals surface area contributed by atoms with Crippen LogP contribution in [0.15, 0.2) is 21.9 Å². The first-order valence-corrected chi connectivity index (χ1v) is 8.61. The van der Waals surface area contributed by atoms with Crippen LogP contribution in [0.4, 0.5) is 0 Å². The molecule has 2 atom stereocenters. The summed E-state index contributed by atoms with van der Waals surface area (Å²) in [5.41, 5.74) is 1.10. The number of nitrogens with zero attached hydrogens (tertiary/aromatic N) is 2. The van der Waals surface area contributed by atoms with E-state index < -0.39 is 0 Å². The topological polar surface area (TPSA) is 41.3 Å². The minimum absolute atomic E-state index is 0. The van der Waals surface area contributed by atoms with Gasteiger partial charge in [-0.15, -0.1) is 23.7 Å². The van der Waals surface area contributed by atoms with Crippen LogP contribution in [-0.2, 0) is 6.54 Å². The third-order valence-corrected chi connectivity index (χ3v) is 5.64. The maximum Gasteiger partial charge on any atom is 0.236 e. The molecule has 0 bridgehead atoms. The van der Waals surface area contributed by atoms with Gasteiger partial charge < -0.3 is 9.73 Å². The van der Waals surface area contributed by atoms with Crippen LogP contribution in [0.1, 0.15) is 17.9 Å². The molecule has 4 nitrogen and oxygen atoms in total. The largest absolute Gasteiger partial charge is 0.440 e. The van der Waals surface area contributed by atoms with Crippen molar-refractivity contribution < 1.29 is 4.42 Å². The van der Waals surface area contributed by atoms with Gasteiger partial charge in [0.2, 0.25) is 5.89 Å². The lowest BCUT2D eigenvalue weighted by atomic mass is 9.88. The fourth-order valence-corrected chi connectivity index (χ4v) is 4.19. The number of piperidine rings is 1. The van der Waals surface area contributed by atoms with Gasteiger partial charge in [-0.05, 0) is 56.3 Å². The first-order chi connectivity index (χ1) is 10.3. The molecule has 0 amide bonds. The first-order valence-electron chi connectivity index (χ1n) is 7.73. The van der Waals surface area contributed by atoms with Crippen molar-refractivity contribution in [3.05, 3.63) is 29.0 Å². The molecule has 0 radical (unpaired) electrons. The van der Waals surface area contributed by atoms with Crippen LogP contribution in [0.2, 0.25) is 0 Å². The number of aryl methyl sites for hydroxylation is 1. The van der Waals surface area contributed by atoms with Crippen molar-refractivity contribution in [1.29, 1.82) is 0 Å². The van der Waals surface area contributed by atoms with E-state index in [2.05, 4.69) is 21.7 Å². The number of thiophene rings is 1. The second-order valence-corrected chi connectivity index (χ2v) is 7.15. The van der Waals surface area contributed by atoms with Gasteiger partial charge in [-0.2, -0.15) is 0 Å². The summed E-state index contributed by atoms with van der Waals surface area (Å²) in [6.45, 7) is 7.72. The second kappa shape index (κ2) is 6.71. The lowest BCUT2D eigenvalue weighted by Crippen LogP contribution is -2.39. The fraction of sp³-hybridized carbons (Fsp3) is 0.562. The van der Waals surface area contributed by atoms with E-state index in [1.165, 1.54) is 32.6 Å². The monoisotopic (exact) mass is 339 g/mol. The molecule has 2 fully saturated rings. The van der Waals surface area contributed by atoms with Gasteiger partial charge in [-0.1, -0.05) is 6.07 Å². The van der Waals surface area contributed by atoms with E-state index in [0.717, 1.165) is 40.6 Å². The van der Waals surface area contributed by atoms with E-state index in [1.807, 2.05) is 13.0 Å². The summed E-state index contributed by atoms with van der Waals surface area (Å²) in [5.74, 6) is 3.45. The number of fused-ring (bicyclic) bond motifs is 1. The number of aromatic nitrogens is 1. The highest BCUT2D eigenvalue weighted by Crippen LogP contribution is 2.29. The molecular formula is C16H22ClN3OS. The Morgan fingerprint density at radius 2 is 2.27 bits per heavy atom. The van der Waals surface area contributed by atoms with Crippen LogP contribution in [0.25, 0.3) is 10.8 Å². The number of hydrogen-bond donors (Lipinski definition) is 1. The predicted octanol–water partition coefficient (Wildman–Crippen LogP) is 3.17. The molecule has 2 aliphatic rings. The van der Waals surface area contributed by atoms with Gasteiger partial charge in [0.25, 0.3) is 0 Å². The highest BCUT2D eigenvalue weighted by molar-refractivity contribution is 7.13. The highest BCUT2D eigenvalue weighted by atomic mass is 35.5.